The molecule has 0 amide bonds. The lowest BCUT2D eigenvalue weighted by Gasteiger charge is -2.08. The number of rotatable bonds is 3. The molecule has 1 heterocycles. The Labute approximate surface area is 125 Å². The van der Waals surface area contributed by atoms with Crippen LogP contribution in [0.2, 0.25) is 0 Å². The molecular weight excluding hydrogens is 290 g/mol. The fourth-order valence-electron chi connectivity index (χ4n) is 2.12. The summed E-state index contributed by atoms with van der Waals surface area (Å²) in [5.74, 6) is -0.0530. The van der Waals surface area contributed by atoms with Gasteiger partial charge in [-0.2, -0.15) is 0 Å². The Morgan fingerprint density at radius 1 is 1.10 bits per heavy atom. The van der Waals surface area contributed by atoms with Crippen molar-refractivity contribution in [2.75, 3.05) is 5.73 Å². The number of pyridine rings is 1. The largest absolute Gasteiger partial charge is 0.398 e. The van der Waals surface area contributed by atoms with E-state index in [0.717, 1.165) is 10.5 Å². The van der Waals surface area contributed by atoms with Crippen LogP contribution >= 0.6 is 11.8 Å². The van der Waals surface area contributed by atoms with Gasteiger partial charge in [-0.15, -0.1) is 11.8 Å². The van der Waals surface area contributed by atoms with Crippen LogP contribution in [0.3, 0.4) is 0 Å². The summed E-state index contributed by atoms with van der Waals surface area (Å²) in [5, 5.41) is 0.502. The molecule has 0 bridgehead atoms. The van der Waals surface area contributed by atoms with E-state index in [-0.39, 0.29) is 11.6 Å². The van der Waals surface area contributed by atoms with E-state index in [1.165, 1.54) is 30.0 Å². The van der Waals surface area contributed by atoms with Gasteiger partial charge in [-0.1, -0.05) is 6.07 Å². The number of nitrogens with two attached hydrogens (primary N) is 1. The van der Waals surface area contributed by atoms with Crippen LogP contribution < -0.4 is 5.73 Å². The Morgan fingerprint density at radius 3 is 2.76 bits per heavy atom. The number of hydrogen-bond donors (Lipinski definition) is 1. The standard InChI is InChI=1S/C16H12F2N2S/c17-11-4-6-15(14(19)8-11)21-9-10-3-5-13(18)12-2-1-7-20-16(10)12/h1-8H,9,19H2. The minimum absolute atomic E-state index is 0.284. The summed E-state index contributed by atoms with van der Waals surface area (Å²) >= 11 is 1.48. The first-order valence-corrected chi connectivity index (χ1v) is 7.33. The Balaban J connectivity index is 1.90. The summed E-state index contributed by atoms with van der Waals surface area (Å²) in [6.07, 6.45) is 1.64. The van der Waals surface area contributed by atoms with Crippen molar-refractivity contribution in [1.29, 1.82) is 0 Å². The summed E-state index contributed by atoms with van der Waals surface area (Å²) in [4.78, 5) is 5.04. The zero-order valence-corrected chi connectivity index (χ0v) is 11.8. The van der Waals surface area contributed by atoms with E-state index in [1.807, 2.05) is 0 Å². The van der Waals surface area contributed by atoms with E-state index in [0.29, 0.717) is 22.3 Å². The van der Waals surface area contributed by atoms with Crippen LogP contribution in [0.5, 0.6) is 0 Å². The van der Waals surface area contributed by atoms with Crippen molar-refractivity contribution in [3.05, 3.63) is 65.9 Å². The van der Waals surface area contributed by atoms with Crippen LogP contribution in [0.1, 0.15) is 5.56 Å². The fourth-order valence-corrected chi connectivity index (χ4v) is 3.05. The molecule has 2 aromatic carbocycles. The minimum Gasteiger partial charge on any atom is -0.398 e. The SMILES string of the molecule is Nc1cc(F)ccc1SCc1ccc(F)c2cccnc12. The summed E-state index contributed by atoms with van der Waals surface area (Å²) in [6.45, 7) is 0. The molecule has 3 rings (SSSR count). The molecule has 2 nitrogen and oxygen atoms in total. The molecule has 0 fully saturated rings. The van der Waals surface area contributed by atoms with Crippen LogP contribution in [-0.4, -0.2) is 4.98 Å². The average Bonchev–Trinajstić information content (AvgIpc) is 2.48. The molecule has 2 N–H and O–H groups in total. The zero-order valence-electron chi connectivity index (χ0n) is 11.0. The van der Waals surface area contributed by atoms with Gasteiger partial charge in [-0.25, -0.2) is 8.78 Å². The second-order valence-corrected chi connectivity index (χ2v) is 5.59. The third-order valence-electron chi connectivity index (χ3n) is 3.16. The van der Waals surface area contributed by atoms with E-state index in [9.17, 15) is 8.78 Å². The molecule has 5 heteroatoms. The lowest BCUT2D eigenvalue weighted by molar-refractivity contribution is 0.627. The van der Waals surface area contributed by atoms with Crippen LogP contribution in [0.25, 0.3) is 10.9 Å². The van der Waals surface area contributed by atoms with Gasteiger partial charge in [0.15, 0.2) is 0 Å². The molecule has 0 unspecified atom stereocenters. The topological polar surface area (TPSA) is 38.9 Å². The minimum atomic E-state index is -0.356. The number of nitrogen functional groups attached to an aromatic ring is 1. The zero-order chi connectivity index (χ0) is 14.8. The van der Waals surface area contributed by atoms with Crippen molar-refractivity contribution < 1.29 is 8.78 Å². The Kier molecular flexibility index (Phi) is 3.75. The third-order valence-corrected chi connectivity index (χ3v) is 4.29. The van der Waals surface area contributed by atoms with Gasteiger partial charge in [0.2, 0.25) is 0 Å². The molecule has 1 aromatic heterocycles. The summed E-state index contributed by atoms with van der Waals surface area (Å²) in [7, 11) is 0. The van der Waals surface area contributed by atoms with Gasteiger partial charge < -0.3 is 5.73 Å². The quantitative estimate of drug-likeness (QED) is 0.576. The van der Waals surface area contributed by atoms with Gasteiger partial charge >= 0.3 is 0 Å². The number of thioether (sulfide) groups is 1. The average molecular weight is 302 g/mol. The van der Waals surface area contributed by atoms with Crippen molar-refractivity contribution in [2.24, 2.45) is 0 Å². The van der Waals surface area contributed by atoms with Crippen LogP contribution in [0.4, 0.5) is 14.5 Å². The van der Waals surface area contributed by atoms with Crippen molar-refractivity contribution in [2.45, 2.75) is 10.6 Å². The summed E-state index contributed by atoms with van der Waals surface area (Å²) in [5.41, 5.74) is 7.75. The number of nitrogens with zero attached hydrogens (tertiary/aromatic N) is 1. The van der Waals surface area contributed by atoms with E-state index >= 15 is 0 Å². The second kappa shape index (κ2) is 5.69. The molecule has 0 spiro atoms. The second-order valence-electron chi connectivity index (χ2n) is 4.58. The van der Waals surface area contributed by atoms with Crippen molar-refractivity contribution in [3.63, 3.8) is 0 Å². The number of fused-ring (bicyclic) bond motifs is 1. The molecule has 0 aliphatic rings. The van der Waals surface area contributed by atoms with E-state index in [1.54, 1.807) is 30.5 Å². The molecule has 0 saturated heterocycles. The van der Waals surface area contributed by atoms with E-state index in [4.69, 9.17) is 5.73 Å². The highest BCUT2D eigenvalue weighted by Crippen LogP contribution is 2.31. The third kappa shape index (κ3) is 2.83. The van der Waals surface area contributed by atoms with Crippen LogP contribution in [0.15, 0.2) is 53.6 Å². The van der Waals surface area contributed by atoms with Gasteiger partial charge in [-0.05, 0) is 42.0 Å². The van der Waals surface area contributed by atoms with E-state index < -0.39 is 0 Å². The number of hydrogen-bond acceptors (Lipinski definition) is 3. The smallest absolute Gasteiger partial charge is 0.132 e. The molecule has 0 atom stereocenters. The molecule has 3 aromatic rings. The molecule has 106 valence electrons. The molecule has 0 saturated carbocycles. The van der Waals surface area contributed by atoms with Crippen LogP contribution in [0, 0.1) is 11.6 Å². The maximum Gasteiger partial charge on any atom is 0.132 e. The first kappa shape index (κ1) is 13.8. The first-order valence-electron chi connectivity index (χ1n) is 6.35. The van der Waals surface area contributed by atoms with E-state index in [2.05, 4.69) is 4.98 Å². The highest BCUT2D eigenvalue weighted by atomic mass is 32.2. The maximum atomic E-state index is 13.7. The molecular formula is C16H12F2N2S. The van der Waals surface area contributed by atoms with Crippen molar-refractivity contribution in [1.82, 2.24) is 4.98 Å². The first-order chi connectivity index (χ1) is 10.1. The van der Waals surface area contributed by atoms with Crippen molar-refractivity contribution >= 4 is 28.4 Å². The van der Waals surface area contributed by atoms with Gasteiger partial charge in [0.05, 0.1) is 5.52 Å². The van der Waals surface area contributed by atoms with Crippen molar-refractivity contribution in [3.8, 4) is 0 Å². The van der Waals surface area contributed by atoms with Gasteiger partial charge in [0.1, 0.15) is 11.6 Å². The van der Waals surface area contributed by atoms with Gasteiger partial charge in [0, 0.05) is 27.9 Å². The van der Waals surface area contributed by atoms with Gasteiger partial charge in [0.25, 0.3) is 0 Å². The lowest BCUT2D eigenvalue weighted by atomic mass is 10.1. The predicted molar refractivity (Wildman–Crippen MR) is 82.1 cm³/mol. The number of anilines is 1. The maximum absolute atomic E-state index is 13.7. The summed E-state index contributed by atoms with van der Waals surface area (Å²) < 4.78 is 26.8. The Morgan fingerprint density at radius 2 is 1.95 bits per heavy atom. The molecule has 0 aliphatic heterocycles. The lowest BCUT2D eigenvalue weighted by Crippen LogP contribution is -1.92. The highest BCUT2D eigenvalue weighted by Gasteiger charge is 2.08. The summed E-state index contributed by atoms with van der Waals surface area (Å²) in [6, 6.07) is 10.9. The number of benzene rings is 2. The normalized spacial score (nSPS) is 11.0. The molecule has 21 heavy (non-hydrogen) atoms. The molecule has 0 aliphatic carbocycles. The number of halogens is 2. The Hall–Kier alpha value is -2.14. The van der Waals surface area contributed by atoms with Crippen LogP contribution in [-0.2, 0) is 5.75 Å². The fraction of sp³-hybridized carbons (Fsp3) is 0.0625. The Bertz CT molecular complexity index is 805. The highest BCUT2D eigenvalue weighted by molar-refractivity contribution is 7.98. The predicted octanol–water partition coefficient (Wildman–Crippen LogP) is 4.39. The number of aromatic nitrogens is 1. The van der Waals surface area contributed by atoms with Gasteiger partial charge in [-0.3, -0.25) is 4.98 Å². The molecule has 0 radical (unpaired) electrons. The monoisotopic (exact) mass is 302 g/mol.